The second-order valence-corrected chi connectivity index (χ2v) is 4.28. The summed E-state index contributed by atoms with van der Waals surface area (Å²) in [4.78, 5) is 8.37. The molecule has 1 aliphatic carbocycles. The van der Waals surface area contributed by atoms with Gasteiger partial charge < -0.3 is 10.1 Å². The van der Waals surface area contributed by atoms with Gasteiger partial charge in [0.15, 0.2) is 5.82 Å². The summed E-state index contributed by atoms with van der Waals surface area (Å²) in [5.41, 5.74) is 0. The average Bonchev–Trinajstić information content (AvgIpc) is 2.81. The van der Waals surface area contributed by atoms with Gasteiger partial charge in [-0.05, 0) is 12.3 Å². The molecule has 15 heavy (non-hydrogen) atoms. The number of nitrogens with zero attached hydrogens (tertiary/aromatic N) is 2. The van der Waals surface area contributed by atoms with Crippen LogP contribution in [-0.2, 0) is 11.3 Å². The van der Waals surface area contributed by atoms with E-state index in [1.807, 2.05) is 0 Å². The molecule has 82 valence electrons. The van der Waals surface area contributed by atoms with Crippen molar-refractivity contribution >= 4 is 17.4 Å². The molecule has 1 heterocycles. The molecule has 4 nitrogen and oxygen atoms in total. The molecule has 0 aliphatic heterocycles. The maximum Gasteiger partial charge on any atom is 0.158 e. The minimum absolute atomic E-state index is 0.384. The molecule has 0 bridgehead atoms. The molecule has 1 N–H and O–H groups in total. The smallest absolute Gasteiger partial charge is 0.158 e. The van der Waals surface area contributed by atoms with E-state index in [1.165, 1.54) is 6.42 Å². The van der Waals surface area contributed by atoms with E-state index in [0.717, 1.165) is 11.7 Å². The summed E-state index contributed by atoms with van der Waals surface area (Å²) in [5, 5.41) is 3.77. The first-order chi connectivity index (χ1) is 7.19. The Bertz CT molecular complexity index is 359. The molecule has 2 rings (SSSR count). The Morgan fingerprint density at radius 3 is 2.93 bits per heavy atom. The number of rotatable bonds is 4. The van der Waals surface area contributed by atoms with E-state index < -0.39 is 0 Å². The number of methoxy groups -OCH3 is 1. The van der Waals surface area contributed by atoms with Crippen LogP contribution in [0.3, 0.4) is 0 Å². The van der Waals surface area contributed by atoms with Crippen molar-refractivity contribution in [3.8, 4) is 0 Å². The van der Waals surface area contributed by atoms with E-state index in [0.29, 0.717) is 23.6 Å². The van der Waals surface area contributed by atoms with Crippen LogP contribution in [0.2, 0.25) is 5.15 Å². The maximum absolute atomic E-state index is 5.88. The van der Waals surface area contributed by atoms with Crippen molar-refractivity contribution < 1.29 is 4.74 Å². The Morgan fingerprint density at radius 2 is 2.33 bits per heavy atom. The number of ether oxygens (including phenoxy) is 1. The van der Waals surface area contributed by atoms with Crippen LogP contribution in [0.5, 0.6) is 0 Å². The van der Waals surface area contributed by atoms with E-state index in [4.69, 9.17) is 16.3 Å². The van der Waals surface area contributed by atoms with Crippen LogP contribution >= 0.6 is 11.6 Å². The van der Waals surface area contributed by atoms with Gasteiger partial charge in [-0.2, -0.15) is 0 Å². The number of hydrogen-bond donors (Lipinski definition) is 1. The third kappa shape index (κ3) is 2.79. The summed E-state index contributed by atoms with van der Waals surface area (Å²) >= 11 is 5.88. The van der Waals surface area contributed by atoms with E-state index in [2.05, 4.69) is 22.2 Å². The van der Waals surface area contributed by atoms with Crippen LogP contribution in [0.15, 0.2) is 6.07 Å². The maximum atomic E-state index is 5.88. The van der Waals surface area contributed by atoms with Crippen LogP contribution < -0.4 is 5.32 Å². The van der Waals surface area contributed by atoms with Gasteiger partial charge in [0.2, 0.25) is 0 Å². The van der Waals surface area contributed by atoms with Gasteiger partial charge in [0, 0.05) is 19.2 Å². The number of anilines is 1. The van der Waals surface area contributed by atoms with E-state index >= 15 is 0 Å². The lowest BCUT2D eigenvalue weighted by Gasteiger charge is -2.06. The van der Waals surface area contributed by atoms with Gasteiger partial charge in [0.1, 0.15) is 17.6 Å². The van der Waals surface area contributed by atoms with Gasteiger partial charge >= 0.3 is 0 Å². The molecule has 0 spiro atoms. The lowest BCUT2D eigenvalue weighted by Crippen LogP contribution is -2.08. The Hall–Kier alpha value is -0.870. The van der Waals surface area contributed by atoms with E-state index in [9.17, 15) is 0 Å². The molecule has 1 aromatic rings. The number of nitrogens with one attached hydrogen (secondary N) is 1. The predicted molar refractivity (Wildman–Crippen MR) is 58.9 cm³/mol. The quantitative estimate of drug-likeness (QED) is 0.801. The summed E-state index contributed by atoms with van der Waals surface area (Å²) in [7, 11) is 1.61. The average molecular weight is 228 g/mol. The SMILES string of the molecule is COCc1nc(Cl)cc(NC2CC2C)n1. The van der Waals surface area contributed by atoms with Crippen LogP contribution in [0.1, 0.15) is 19.2 Å². The molecule has 0 aromatic carbocycles. The summed E-state index contributed by atoms with van der Waals surface area (Å²) in [6, 6.07) is 2.28. The van der Waals surface area contributed by atoms with Crippen molar-refractivity contribution in [2.45, 2.75) is 26.0 Å². The zero-order valence-corrected chi connectivity index (χ0v) is 9.58. The normalized spacial score (nSPS) is 23.9. The molecule has 0 amide bonds. The fourth-order valence-corrected chi connectivity index (χ4v) is 1.65. The number of hydrogen-bond acceptors (Lipinski definition) is 4. The van der Waals surface area contributed by atoms with Crippen LogP contribution in [-0.4, -0.2) is 23.1 Å². The molecule has 5 heteroatoms. The highest BCUT2D eigenvalue weighted by Crippen LogP contribution is 2.32. The minimum Gasteiger partial charge on any atom is -0.377 e. The predicted octanol–water partition coefficient (Wildman–Crippen LogP) is 2.10. The molecular formula is C10H14ClN3O. The fraction of sp³-hybridized carbons (Fsp3) is 0.600. The van der Waals surface area contributed by atoms with Crippen LogP contribution in [0.4, 0.5) is 5.82 Å². The van der Waals surface area contributed by atoms with Crippen LogP contribution in [0, 0.1) is 5.92 Å². The highest BCUT2D eigenvalue weighted by atomic mass is 35.5. The first-order valence-electron chi connectivity index (χ1n) is 4.98. The second kappa shape index (κ2) is 4.33. The molecule has 1 saturated carbocycles. The largest absolute Gasteiger partial charge is 0.377 e. The Kier molecular flexibility index (Phi) is 3.07. The van der Waals surface area contributed by atoms with Crippen molar-refractivity contribution in [3.05, 3.63) is 17.0 Å². The third-order valence-electron chi connectivity index (χ3n) is 2.46. The molecule has 1 fully saturated rings. The zero-order chi connectivity index (χ0) is 10.8. The van der Waals surface area contributed by atoms with Crippen molar-refractivity contribution in [1.29, 1.82) is 0 Å². The standard InChI is InChI=1S/C10H14ClN3O/c1-6-3-7(6)12-9-4-8(11)13-10(14-9)5-15-2/h4,6-7H,3,5H2,1-2H3,(H,12,13,14). The molecule has 1 aromatic heterocycles. The summed E-state index contributed by atoms with van der Waals surface area (Å²) < 4.78 is 4.97. The summed E-state index contributed by atoms with van der Waals surface area (Å²) in [5.74, 6) is 2.13. The Balaban J connectivity index is 2.08. The lowest BCUT2D eigenvalue weighted by molar-refractivity contribution is 0.178. The van der Waals surface area contributed by atoms with E-state index in [-0.39, 0.29) is 0 Å². The molecule has 1 aliphatic rings. The first-order valence-corrected chi connectivity index (χ1v) is 5.36. The van der Waals surface area contributed by atoms with Gasteiger partial charge in [-0.25, -0.2) is 9.97 Å². The highest BCUT2D eigenvalue weighted by Gasteiger charge is 2.32. The van der Waals surface area contributed by atoms with Crippen molar-refractivity contribution in [1.82, 2.24) is 9.97 Å². The minimum atomic E-state index is 0.384. The number of aromatic nitrogens is 2. The van der Waals surface area contributed by atoms with E-state index in [1.54, 1.807) is 13.2 Å². The van der Waals surface area contributed by atoms with Gasteiger partial charge in [0.25, 0.3) is 0 Å². The van der Waals surface area contributed by atoms with Gasteiger partial charge in [-0.1, -0.05) is 18.5 Å². The van der Waals surface area contributed by atoms with Crippen LogP contribution in [0.25, 0.3) is 0 Å². The van der Waals surface area contributed by atoms with Crippen molar-refractivity contribution in [2.24, 2.45) is 5.92 Å². The van der Waals surface area contributed by atoms with Gasteiger partial charge in [-0.15, -0.1) is 0 Å². The topological polar surface area (TPSA) is 47.0 Å². The molecule has 0 radical (unpaired) electrons. The second-order valence-electron chi connectivity index (χ2n) is 3.89. The van der Waals surface area contributed by atoms with Gasteiger partial charge in [-0.3, -0.25) is 0 Å². The molecule has 2 unspecified atom stereocenters. The molecule has 0 saturated heterocycles. The first kappa shape index (κ1) is 10.6. The van der Waals surface area contributed by atoms with Gasteiger partial charge in [0.05, 0.1) is 0 Å². The Labute approximate surface area is 94.0 Å². The fourth-order valence-electron chi connectivity index (χ4n) is 1.45. The van der Waals surface area contributed by atoms with Crippen molar-refractivity contribution in [3.63, 3.8) is 0 Å². The number of halogens is 1. The Morgan fingerprint density at radius 1 is 1.60 bits per heavy atom. The summed E-state index contributed by atoms with van der Waals surface area (Å²) in [6.45, 7) is 2.59. The zero-order valence-electron chi connectivity index (χ0n) is 8.83. The monoisotopic (exact) mass is 227 g/mol. The lowest BCUT2D eigenvalue weighted by atomic mass is 10.4. The third-order valence-corrected chi connectivity index (χ3v) is 2.65. The molecular weight excluding hydrogens is 214 g/mol. The summed E-state index contributed by atoms with van der Waals surface area (Å²) in [6.07, 6.45) is 1.20. The molecule has 2 atom stereocenters. The highest BCUT2D eigenvalue weighted by molar-refractivity contribution is 6.29. The van der Waals surface area contributed by atoms with Crippen molar-refractivity contribution in [2.75, 3.05) is 12.4 Å².